The van der Waals surface area contributed by atoms with E-state index in [1.54, 1.807) is 55.7 Å². The van der Waals surface area contributed by atoms with Crippen molar-refractivity contribution in [1.82, 2.24) is 0 Å². The van der Waals surface area contributed by atoms with Crippen LogP contribution in [0.4, 0.5) is 0 Å². The summed E-state index contributed by atoms with van der Waals surface area (Å²) in [7, 11) is 3.10. The molecule has 0 atom stereocenters. The molecule has 0 radical (unpaired) electrons. The molecule has 0 aromatic heterocycles. The van der Waals surface area contributed by atoms with Crippen LogP contribution in [-0.4, -0.2) is 26.6 Å². The van der Waals surface area contributed by atoms with Gasteiger partial charge in [-0.1, -0.05) is 12.1 Å². The number of hydrogen-bond donors (Lipinski definition) is 0. The summed E-state index contributed by atoms with van der Waals surface area (Å²) in [5.74, 6) is 1.58. The first-order valence-corrected chi connectivity index (χ1v) is 7.22. The maximum atomic E-state index is 12.2. The average molecular weight is 323 g/mol. The van der Waals surface area contributed by atoms with Gasteiger partial charge < -0.3 is 14.2 Å². The fourth-order valence-corrected chi connectivity index (χ4v) is 2.04. The number of carbonyl (C=O) groups is 1. The Balaban J connectivity index is 2.12. The third-order valence-corrected chi connectivity index (χ3v) is 3.28. The van der Waals surface area contributed by atoms with Crippen molar-refractivity contribution < 1.29 is 19.0 Å². The van der Waals surface area contributed by atoms with E-state index in [1.165, 1.54) is 13.2 Å². The van der Waals surface area contributed by atoms with Crippen molar-refractivity contribution in [3.63, 3.8) is 0 Å². The Labute approximate surface area is 140 Å². The van der Waals surface area contributed by atoms with E-state index in [9.17, 15) is 4.79 Å². The first-order valence-electron chi connectivity index (χ1n) is 7.22. The Kier molecular flexibility index (Phi) is 5.98. The molecule has 0 saturated heterocycles. The number of allylic oxidation sites excluding steroid dienone is 1. The first-order chi connectivity index (χ1) is 11.7. The van der Waals surface area contributed by atoms with Crippen molar-refractivity contribution in [1.29, 1.82) is 5.26 Å². The van der Waals surface area contributed by atoms with Crippen LogP contribution >= 0.6 is 0 Å². The number of hydrogen-bond acceptors (Lipinski definition) is 5. The van der Waals surface area contributed by atoms with Gasteiger partial charge in [0.25, 0.3) is 0 Å². The van der Waals surface area contributed by atoms with Crippen LogP contribution in [0.15, 0.2) is 48.5 Å². The fourth-order valence-electron chi connectivity index (χ4n) is 2.04. The van der Waals surface area contributed by atoms with Crippen LogP contribution in [0.1, 0.15) is 15.9 Å². The van der Waals surface area contributed by atoms with Gasteiger partial charge in [-0.05, 0) is 48.0 Å². The summed E-state index contributed by atoms with van der Waals surface area (Å²) < 4.78 is 15.6. The van der Waals surface area contributed by atoms with E-state index in [1.807, 2.05) is 6.07 Å². The van der Waals surface area contributed by atoms with E-state index in [-0.39, 0.29) is 12.4 Å². The zero-order valence-electron chi connectivity index (χ0n) is 13.5. The molecule has 0 aliphatic carbocycles. The van der Waals surface area contributed by atoms with Crippen molar-refractivity contribution in [3.8, 4) is 23.3 Å². The van der Waals surface area contributed by atoms with Gasteiger partial charge >= 0.3 is 0 Å². The lowest BCUT2D eigenvalue weighted by molar-refractivity contribution is 0.104. The minimum atomic E-state index is -0.110. The van der Waals surface area contributed by atoms with Gasteiger partial charge in [0.1, 0.15) is 11.8 Å². The lowest BCUT2D eigenvalue weighted by Crippen LogP contribution is -1.97. The monoisotopic (exact) mass is 323 g/mol. The normalized spacial score (nSPS) is 10.2. The van der Waals surface area contributed by atoms with Crippen LogP contribution < -0.4 is 14.2 Å². The summed E-state index contributed by atoms with van der Waals surface area (Å²) in [5, 5.41) is 8.56. The zero-order chi connectivity index (χ0) is 17.4. The Morgan fingerprint density at radius 2 is 1.83 bits per heavy atom. The van der Waals surface area contributed by atoms with Gasteiger partial charge in [0.05, 0.1) is 14.2 Å². The van der Waals surface area contributed by atoms with E-state index >= 15 is 0 Å². The quantitative estimate of drug-likeness (QED) is 0.576. The lowest BCUT2D eigenvalue weighted by atomic mass is 10.1. The predicted molar refractivity (Wildman–Crippen MR) is 90.5 cm³/mol. The molecule has 0 unspecified atom stereocenters. The summed E-state index contributed by atoms with van der Waals surface area (Å²) in [6.07, 6.45) is 3.19. The molecule has 0 spiro atoms. The highest BCUT2D eigenvalue weighted by Gasteiger charge is 2.06. The Morgan fingerprint density at radius 1 is 1.08 bits per heavy atom. The lowest BCUT2D eigenvalue weighted by Gasteiger charge is -2.08. The van der Waals surface area contributed by atoms with Crippen LogP contribution in [0.2, 0.25) is 0 Å². The van der Waals surface area contributed by atoms with Crippen molar-refractivity contribution in [3.05, 3.63) is 59.7 Å². The number of rotatable bonds is 7. The van der Waals surface area contributed by atoms with Gasteiger partial charge in [0.15, 0.2) is 23.9 Å². The molecule has 2 aromatic carbocycles. The summed E-state index contributed by atoms with van der Waals surface area (Å²) in [6.45, 7) is -0.0541. The molecule has 5 nitrogen and oxygen atoms in total. The highest BCUT2D eigenvalue weighted by atomic mass is 16.5. The van der Waals surface area contributed by atoms with Crippen molar-refractivity contribution in [2.45, 2.75) is 0 Å². The molecular formula is C19H17NO4. The second kappa shape index (κ2) is 8.39. The Bertz CT molecular complexity index is 773. The second-order valence-corrected chi connectivity index (χ2v) is 4.78. The largest absolute Gasteiger partial charge is 0.497 e. The van der Waals surface area contributed by atoms with E-state index in [0.717, 1.165) is 5.56 Å². The smallest absolute Gasteiger partial charge is 0.185 e. The number of ether oxygens (including phenoxy) is 3. The summed E-state index contributed by atoms with van der Waals surface area (Å²) in [5.41, 5.74) is 1.37. The van der Waals surface area contributed by atoms with Crippen molar-refractivity contribution in [2.24, 2.45) is 0 Å². The molecule has 5 heteroatoms. The molecule has 0 heterocycles. The Hall–Kier alpha value is -3.26. The van der Waals surface area contributed by atoms with E-state index in [2.05, 4.69) is 0 Å². The summed E-state index contributed by atoms with van der Waals surface area (Å²) >= 11 is 0. The number of benzene rings is 2. The summed E-state index contributed by atoms with van der Waals surface area (Å²) in [6, 6.07) is 14.0. The van der Waals surface area contributed by atoms with E-state index in [4.69, 9.17) is 19.5 Å². The molecule has 0 aliphatic heterocycles. The molecule has 0 fully saturated rings. The van der Waals surface area contributed by atoms with Crippen LogP contribution in [0.3, 0.4) is 0 Å². The molecule has 0 saturated carbocycles. The standard InChI is InChI=1S/C19H17NO4/c1-22-16-7-5-15(6-8-16)17(21)9-3-14-4-10-18(24-12-11-20)19(13-14)23-2/h3-10,13H,12H2,1-2H3. The molecule has 122 valence electrons. The predicted octanol–water partition coefficient (Wildman–Crippen LogP) is 3.50. The van der Waals surface area contributed by atoms with Crippen molar-refractivity contribution >= 4 is 11.9 Å². The number of methoxy groups -OCH3 is 2. The van der Waals surface area contributed by atoms with Crippen LogP contribution in [0.5, 0.6) is 17.2 Å². The number of ketones is 1. The van der Waals surface area contributed by atoms with E-state index in [0.29, 0.717) is 22.8 Å². The fraction of sp³-hybridized carbons (Fsp3) is 0.158. The van der Waals surface area contributed by atoms with Crippen LogP contribution in [-0.2, 0) is 0 Å². The first kappa shape index (κ1) is 17.1. The molecule has 0 amide bonds. The topological polar surface area (TPSA) is 68.5 Å². The van der Waals surface area contributed by atoms with Gasteiger partial charge in [0.2, 0.25) is 0 Å². The zero-order valence-corrected chi connectivity index (χ0v) is 13.5. The molecule has 0 N–H and O–H groups in total. The molecule has 2 rings (SSSR count). The third-order valence-electron chi connectivity index (χ3n) is 3.28. The number of nitrogens with zero attached hydrogens (tertiary/aromatic N) is 1. The highest BCUT2D eigenvalue weighted by molar-refractivity contribution is 6.06. The van der Waals surface area contributed by atoms with Crippen LogP contribution in [0, 0.1) is 11.3 Å². The van der Waals surface area contributed by atoms with Gasteiger partial charge in [-0.2, -0.15) is 5.26 Å². The number of carbonyl (C=O) groups excluding carboxylic acids is 1. The average Bonchev–Trinajstić information content (AvgIpc) is 2.64. The highest BCUT2D eigenvalue weighted by Crippen LogP contribution is 2.28. The van der Waals surface area contributed by atoms with E-state index < -0.39 is 0 Å². The molecular weight excluding hydrogens is 306 g/mol. The van der Waals surface area contributed by atoms with Gasteiger partial charge in [-0.15, -0.1) is 0 Å². The van der Waals surface area contributed by atoms with Gasteiger partial charge in [-0.25, -0.2) is 0 Å². The minimum absolute atomic E-state index is 0.0541. The van der Waals surface area contributed by atoms with Gasteiger partial charge in [0, 0.05) is 5.56 Å². The minimum Gasteiger partial charge on any atom is -0.497 e. The molecule has 0 bridgehead atoms. The maximum Gasteiger partial charge on any atom is 0.185 e. The SMILES string of the molecule is COc1ccc(C(=O)C=Cc2ccc(OCC#N)c(OC)c2)cc1. The molecule has 24 heavy (non-hydrogen) atoms. The second-order valence-electron chi connectivity index (χ2n) is 4.78. The third kappa shape index (κ3) is 4.37. The van der Waals surface area contributed by atoms with Gasteiger partial charge in [-0.3, -0.25) is 4.79 Å². The maximum absolute atomic E-state index is 12.2. The Morgan fingerprint density at radius 3 is 2.46 bits per heavy atom. The molecule has 2 aromatic rings. The van der Waals surface area contributed by atoms with Crippen molar-refractivity contribution in [2.75, 3.05) is 20.8 Å². The van der Waals surface area contributed by atoms with Crippen LogP contribution in [0.25, 0.3) is 6.08 Å². The summed E-state index contributed by atoms with van der Waals surface area (Å²) in [4.78, 5) is 12.2. The number of nitriles is 1. The molecule has 0 aliphatic rings.